The number of benzene rings is 1. The molecule has 1 amide bonds. The van der Waals surface area contributed by atoms with E-state index in [0.29, 0.717) is 6.42 Å². The van der Waals surface area contributed by atoms with Crippen LogP contribution in [0.15, 0.2) is 18.2 Å². The number of carbonyl (C=O) groups excluding carboxylic acids is 1. The van der Waals surface area contributed by atoms with Crippen LogP contribution in [0, 0.1) is 12.8 Å². The second-order valence-electron chi connectivity index (χ2n) is 5.57. The molecule has 0 bridgehead atoms. The number of nitrogens with one attached hydrogen (secondary N) is 1. The van der Waals surface area contributed by atoms with E-state index in [2.05, 4.69) is 5.32 Å². The van der Waals surface area contributed by atoms with Gasteiger partial charge in [0.25, 0.3) is 0 Å². The van der Waals surface area contributed by atoms with Crippen LogP contribution >= 0.6 is 0 Å². The molecule has 2 atom stereocenters. The predicted octanol–water partition coefficient (Wildman–Crippen LogP) is 3.47. The molecular weight excluding hydrogens is 281 g/mol. The van der Waals surface area contributed by atoms with Gasteiger partial charge < -0.3 is 11.1 Å². The molecule has 1 fully saturated rings. The monoisotopic (exact) mass is 300 g/mol. The van der Waals surface area contributed by atoms with Gasteiger partial charge in [0.05, 0.1) is 11.5 Å². The van der Waals surface area contributed by atoms with Gasteiger partial charge >= 0.3 is 6.18 Å². The lowest BCUT2D eigenvalue weighted by Gasteiger charge is -2.27. The SMILES string of the molecule is Cc1ccc(NC(=O)C2CCCCC2N)cc1C(F)(F)F. The maximum atomic E-state index is 12.9. The van der Waals surface area contributed by atoms with Crippen molar-refractivity contribution < 1.29 is 18.0 Å². The third kappa shape index (κ3) is 3.75. The third-order valence-electron chi connectivity index (χ3n) is 3.97. The first-order valence-electron chi connectivity index (χ1n) is 7.03. The van der Waals surface area contributed by atoms with Crippen LogP contribution in [0.4, 0.5) is 18.9 Å². The molecule has 0 heterocycles. The summed E-state index contributed by atoms with van der Waals surface area (Å²) < 4.78 is 38.6. The zero-order valence-electron chi connectivity index (χ0n) is 11.8. The van der Waals surface area contributed by atoms with E-state index in [1.165, 1.54) is 19.1 Å². The molecule has 3 nitrogen and oxygen atoms in total. The van der Waals surface area contributed by atoms with Gasteiger partial charge in [-0.15, -0.1) is 0 Å². The lowest BCUT2D eigenvalue weighted by molar-refractivity contribution is -0.138. The summed E-state index contributed by atoms with van der Waals surface area (Å²) in [6.07, 6.45) is -1.04. The largest absolute Gasteiger partial charge is 0.416 e. The Morgan fingerprint density at radius 1 is 1.29 bits per heavy atom. The zero-order valence-corrected chi connectivity index (χ0v) is 11.8. The van der Waals surface area contributed by atoms with Crippen molar-refractivity contribution in [3.8, 4) is 0 Å². The molecule has 1 aromatic carbocycles. The highest BCUT2D eigenvalue weighted by molar-refractivity contribution is 5.93. The van der Waals surface area contributed by atoms with Crippen molar-refractivity contribution in [1.82, 2.24) is 0 Å². The Balaban J connectivity index is 2.14. The maximum absolute atomic E-state index is 12.9. The van der Waals surface area contributed by atoms with Crippen molar-refractivity contribution in [3.63, 3.8) is 0 Å². The highest BCUT2D eigenvalue weighted by Crippen LogP contribution is 2.33. The summed E-state index contributed by atoms with van der Waals surface area (Å²) in [4.78, 5) is 12.2. The predicted molar refractivity (Wildman–Crippen MR) is 74.7 cm³/mol. The van der Waals surface area contributed by atoms with Gasteiger partial charge in [0, 0.05) is 11.7 Å². The number of nitrogens with two attached hydrogens (primary N) is 1. The molecule has 6 heteroatoms. The molecule has 1 saturated carbocycles. The summed E-state index contributed by atoms with van der Waals surface area (Å²) in [6, 6.07) is 3.60. The molecule has 2 rings (SSSR count). The van der Waals surface area contributed by atoms with E-state index in [1.54, 1.807) is 0 Å². The number of amides is 1. The third-order valence-corrected chi connectivity index (χ3v) is 3.97. The average molecular weight is 300 g/mol. The first kappa shape index (κ1) is 15.8. The number of halogens is 3. The average Bonchev–Trinajstić information content (AvgIpc) is 2.40. The van der Waals surface area contributed by atoms with E-state index in [1.807, 2.05) is 0 Å². The first-order chi connectivity index (χ1) is 9.79. The molecule has 1 aliphatic rings. The summed E-state index contributed by atoms with van der Waals surface area (Å²) in [5.74, 6) is -0.617. The molecule has 2 unspecified atom stereocenters. The molecule has 0 spiro atoms. The van der Waals surface area contributed by atoms with Crippen molar-refractivity contribution >= 4 is 11.6 Å². The molecule has 0 saturated heterocycles. The molecular formula is C15H19F3N2O. The number of rotatable bonds is 2. The first-order valence-corrected chi connectivity index (χ1v) is 7.03. The lowest BCUT2D eigenvalue weighted by atomic mass is 9.84. The van der Waals surface area contributed by atoms with Crippen LogP contribution in [0.25, 0.3) is 0 Å². The fraction of sp³-hybridized carbons (Fsp3) is 0.533. The molecule has 0 radical (unpaired) electrons. The summed E-state index contributed by atoms with van der Waals surface area (Å²) in [5.41, 5.74) is 5.48. The van der Waals surface area contributed by atoms with E-state index in [4.69, 9.17) is 5.73 Å². The summed E-state index contributed by atoms with van der Waals surface area (Å²) in [6.45, 7) is 1.39. The van der Waals surface area contributed by atoms with E-state index in [-0.39, 0.29) is 29.1 Å². The number of alkyl halides is 3. The minimum absolute atomic E-state index is 0.134. The van der Waals surface area contributed by atoms with Gasteiger partial charge in [-0.1, -0.05) is 18.9 Å². The van der Waals surface area contributed by atoms with Crippen LogP contribution in [0.2, 0.25) is 0 Å². The molecule has 116 valence electrons. The number of carbonyl (C=O) groups is 1. The molecule has 1 aromatic rings. The maximum Gasteiger partial charge on any atom is 0.416 e. The summed E-state index contributed by atoms with van der Waals surface area (Å²) in [5, 5.41) is 2.56. The van der Waals surface area contributed by atoms with Gasteiger partial charge in [-0.25, -0.2) is 0 Å². The Morgan fingerprint density at radius 3 is 2.57 bits per heavy atom. The zero-order chi connectivity index (χ0) is 15.6. The van der Waals surface area contributed by atoms with Gasteiger partial charge in [0.1, 0.15) is 0 Å². The molecule has 1 aliphatic carbocycles. The Bertz CT molecular complexity index is 528. The van der Waals surface area contributed by atoms with Crippen molar-refractivity contribution in [2.75, 3.05) is 5.32 Å². The van der Waals surface area contributed by atoms with Crippen molar-refractivity contribution in [2.24, 2.45) is 11.7 Å². The van der Waals surface area contributed by atoms with Gasteiger partial charge in [-0.2, -0.15) is 13.2 Å². The van der Waals surface area contributed by atoms with Gasteiger partial charge in [0.2, 0.25) is 5.91 Å². The summed E-state index contributed by atoms with van der Waals surface area (Å²) in [7, 11) is 0. The molecule has 0 aliphatic heterocycles. The summed E-state index contributed by atoms with van der Waals surface area (Å²) >= 11 is 0. The molecule has 0 aromatic heterocycles. The standard InChI is InChI=1S/C15H19F3N2O/c1-9-6-7-10(8-12(9)15(16,17)18)20-14(21)11-4-2-3-5-13(11)19/h6-8,11,13H,2-5,19H2,1H3,(H,20,21). The van der Waals surface area contributed by atoms with Crippen LogP contribution < -0.4 is 11.1 Å². The van der Waals surface area contributed by atoms with Crippen molar-refractivity contribution in [2.45, 2.75) is 44.8 Å². The molecule has 3 N–H and O–H groups in total. The highest BCUT2D eigenvalue weighted by Gasteiger charge is 2.33. The van der Waals surface area contributed by atoms with Crippen LogP contribution in [-0.4, -0.2) is 11.9 Å². The van der Waals surface area contributed by atoms with E-state index in [0.717, 1.165) is 25.3 Å². The minimum Gasteiger partial charge on any atom is -0.327 e. The number of aryl methyl sites for hydroxylation is 1. The normalized spacial score (nSPS) is 22.9. The Hall–Kier alpha value is -1.56. The van der Waals surface area contributed by atoms with Gasteiger partial charge in [-0.05, 0) is 37.5 Å². The molecule has 21 heavy (non-hydrogen) atoms. The van der Waals surface area contributed by atoms with Gasteiger partial charge in [0.15, 0.2) is 0 Å². The second-order valence-corrected chi connectivity index (χ2v) is 5.57. The Kier molecular flexibility index (Phi) is 4.56. The smallest absolute Gasteiger partial charge is 0.327 e. The van der Waals surface area contributed by atoms with Crippen molar-refractivity contribution in [3.05, 3.63) is 29.3 Å². The quantitative estimate of drug-likeness (QED) is 0.878. The lowest BCUT2D eigenvalue weighted by Crippen LogP contribution is -2.40. The van der Waals surface area contributed by atoms with Crippen LogP contribution in [0.1, 0.15) is 36.8 Å². The van der Waals surface area contributed by atoms with Crippen LogP contribution in [0.5, 0.6) is 0 Å². The fourth-order valence-electron chi connectivity index (χ4n) is 2.73. The number of hydrogen-bond donors (Lipinski definition) is 2. The van der Waals surface area contributed by atoms with Crippen LogP contribution in [-0.2, 0) is 11.0 Å². The minimum atomic E-state index is -4.42. The van der Waals surface area contributed by atoms with E-state index >= 15 is 0 Å². The van der Waals surface area contributed by atoms with E-state index < -0.39 is 11.7 Å². The van der Waals surface area contributed by atoms with E-state index in [9.17, 15) is 18.0 Å². The number of hydrogen-bond acceptors (Lipinski definition) is 2. The topological polar surface area (TPSA) is 55.1 Å². The van der Waals surface area contributed by atoms with Crippen molar-refractivity contribution in [1.29, 1.82) is 0 Å². The van der Waals surface area contributed by atoms with Gasteiger partial charge in [-0.3, -0.25) is 4.79 Å². The highest BCUT2D eigenvalue weighted by atomic mass is 19.4. The Labute approximate surface area is 121 Å². The second kappa shape index (κ2) is 6.05. The number of anilines is 1. The Morgan fingerprint density at radius 2 is 1.95 bits per heavy atom. The van der Waals surface area contributed by atoms with Crippen LogP contribution in [0.3, 0.4) is 0 Å². The fourth-order valence-corrected chi connectivity index (χ4v) is 2.73.